The molecule has 1 N–H and O–H groups in total. The lowest BCUT2D eigenvalue weighted by atomic mass is 9.89. The summed E-state index contributed by atoms with van der Waals surface area (Å²) in [5, 5.41) is 0. The van der Waals surface area contributed by atoms with E-state index in [0.717, 1.165) is 18.4 Å². The van der Waals surface area contributed by atoms with E-state index in [1.165, 1.54) is 19.3 Å². The fraction of sp³-hybridized carbons (Fsp3) is 0.550. The Morgan fingerprint density at radius 3 is 2.46 bits per heavy atom. The molecule has 0 aliphatic heterocycles. The Morgan fingerprint density at radius 1 is 1.27 bits per heavy atom. The molecule has 144 valence electrons. The average molecular weight is 379 g/mol. The van der Waals surface area contributed by atoms with Gasteiger partial charge in [-0.2, -0.15) is 4.72 Å². The summed E-state index contributed by atoms with van der Waals surface area (Å²) in [6.07, 6.45) is 7.63. The summed E-state index contributed by atoms with van der Waals surface area (Å²) < 4.78 is 27.6. The minimum absolute atomic E-state index is 0.172. The third-order valence-electron chi connectivity index (χ3n) is 4.90. The Morgan fingerprint density at radius 2 is 1.88 bits per heavy atom. The third-order valence-corrected chi connectivity index (χ3v) is 6.45. The molecule has 1 saturated carbocycles. The SMILES string of the molecule is C=CCN(CC1CCCCC1)C(=O)[C@H](C)NS(=O)(=O)c1ccc(C)cc1. The molecular weight excluding hydrogens is 348 g/mol. The Labute approximate surface area is 157 Å². The Hall–Kier alpha value is -1.66. The van der Waals surface area contributed by atoms with Crippen LogP contribution in [0.1, 0.15) is 44.6 Å². The van der Waals surface area contributed by atoms with E-state index < -0.39 is 16.1 Å². The molecule has 5 nitrogen and oxygen atoms in total. The molecule has 26 heavy (non-hydrogen) atoms. The van der Waals surface area contributed by atoms with Crippen LogP contribution in [0.25, 0.3) is 0 Å². The molecule has 1 amide bonds. The summed E-state index contributed by atoms with van der Waals surface area (Å²) in [5.41, 5.74) is 0.984. The van der Waals surface area contributed by atoms with Crippen molar-refractivity contribution in [3.8, 4) is 0 Å². The summed E-state index contributed by atoms with van der Waals surface area (Å²) in [5.74, 6) is 0.291. The van der Waals surface area contributed by atoms with Crippen molar-refractivity contribution in [3.05, 3.63) is 42.5 Å². The van der Waals surface area contributed by atoms with E-state index in [1.807, 2.05) is 6.92 Å². The highest BCUT2D eigenvalue weighted by Gasteiger charge is 2.27. The lowest BCUT2D eigenvalue weighted by Gasteiger charge is -2.31. The zero-order chi connectivity index (χ0) is 19.2. The Balaban J connectivity index is 2.04. The van der Waals surface area contributed by atoms with Gasteiger partial charge in [0.2, 0.25) is 15.9 Å². The molecule has 1 aromatic rings. The van der Waals surface area contributed by atoms with Crippen LogP contribution in [-0.2, 0) is 14.8 Å². The normalized spacial score (nSPS) is 16.8. The maximum Gasteiger partial charge on any atom is 0.241 e. The number of nitrogens with zero attached hydrogens (tertiary/aromatic N) is 1. The molecule has 1 aromatic carbocycles. The van der Waals surface area contributed by atoms with Crippen molar-refractivity contribution < 1.29 is 13.2 Å². The molecule has 1 fully saturated rings. The molecule has 1 aliphatic carbocycles. The van der Waals surface area contributed by atoms with E-state index in [9.17, 15) is 13.2 Å². The number of sulfonamides is 1. The first-order valence-corrected chi connectivity index (χ1v) is 10.8. The summed E-state index contributed by atoms with van der Waals surface area (Å²) in [6.45, 7) is 8.34. The first-order chi connectivity index (χ1) is 12.3. The van der Waals surface area contributed by atoms with Crippen molar-refractivity contribution in [2.45, 2.75) is 56.9 Å². The van der Waals surface area contributed by atoms with Crippen molar-refractivity contribution in [2.24, 2.45) is 5.92 Å². The molecule has 0 heterocycles. The highest BCUT2D eigenvalue weighted by atomic mass is 32.2. The number of hydrogen-bond acceptors (Lipinski definition) is 3. The van der Waals surface area contributed by atoms with Gasteiger partial charge >= 0.3 is 0 Å². The van der Waals surface area contributed by atoms with Crippen LogP contribution in [0.3, 0.4) is 0 Å². The molecular formula is C20H30N2O3S. The first kappa shape index (κ1) is 20.6. The lowest BCUT2D eigenvalue weighted by Crippen LogP contribution is -2.48. The van der Waals surface area contributed by atoms with Crippen molar-refractivity contribution in [1.29, 1.82) is 0 Å². The molecule has 6 heteroatoms. The van der Waals surface area contributed by atoms with Crippen molar-refractivity contribution >= 4 is 15.9 Å². The van der Waals surface area contributed by atoms with Gasteiger partial charge in [-0.25, -0.2) is 8.42 Å². The van der Waals surface area contributed by atoms with Gasteiger partial charge in [-0.3, -0.25) is 4.79 Å². The van der Waals surface area contributed by atoms with Gasteiger partial charge in [0.05, 0.1) is 10.9 Å². The highest BCUT2D eigenvalue weighted by Crippen LogP contribution is 2.24. The monoisotopic (exact) mass is 378 g/mol. The summed E-state index contributed by atoms with van der Waals surface area (Å²) in [6, 6.07) is 5.78. The van der Waals surface area contributed by atoms with E-state index in [4.69, 9.17) is 0 Å². The van der Waals surface area contributed by atoms with E-state index in [0.29, 0.717) is 19.0 Å². The number of carbonyl (C=O) groups is 1. The van der Waals surface area contributed by atoms with Crippen LogP contribution in [0.5, 0.6) is 0 Å². The Kier molecular flexibility index (Phi) is 7.41. The standard InChI is InChI=1S/C20H30N2O3S/c1-4-14-22(15-18-8-6-5-7-9-18)20(23)17(3)21-26(24,25)19-12-10-16(2)11-13-19/h4,10-13,17-18,21H,1,5-9,14-15H2,2-3H3/t17-/m0/s1. The van der Waals surface area contributed by atoms with Crippen LogP contribution in [0.4, 0.5) is 0 Å². The molecule has 0 saturated heterocycles. The zero-order valence-electron chi connectivity index (χ0n) is 15.8. The minimum atomic E-state index is -3.73. The van der Waals surface area contributed by atoms with E-state index in [1.54, 1.807) is 42.2 Å². The lowest BCUT2D eigenvalue weighted by molar-refractivity contribution is -0.132. The zero-order valence-corrected chi connectivity index (χ0v) is 16.6. The molecule has 0 radical (unpaired) electrons. The van der Waals surface area contributed by atoms with Crippen molar-refractivity contribution in [2.75, 3.05) is 13.1 Å². The molecule has 0 unspecified atom stereocenters. The van der Waals surface area contributed by atoms with Gasteiger partial charge in [-0.15, -0.1) is 6.58 Å². The minimum Gasteiger partial charge on any atom is -0.337 e. The first-order valence-electron chi connectivity index (χ1n) is 9.32. The second kappa shape index (κ2) is 9.33. The molecule has 0 bridgehead atoms. The predicted octanol–water partition coefficient (Wildman–Crippen LogP) is 3.26. The number of hydrogen-bond donors (Lipinski definition) is 1. The smallest absolute Gasteiger partial charge is 0.241 e. The maximum absolute atomic E-state index is 12.8. The predicted molar refractivity (Wildman–Crippen MR) is 104 cm³/mol. The van der Waals surface area contributed by atoms with Gasteiger partial charge in [0.25, 0.3) is 0 Å². The van der Waals surface area contributed by atoms with E-state index in [2.05, 4.69) is 11.3 Å². The second-order valence-electron chi connectivity index (χ2n) is 7.19. The van der Waals surface area contributed by atoms with Gasteiger partial charge in [0.15, 0.2) is 0 Å². The van der Waals surface area contributed by atoms with Crippen LogP contribution in [-0.4, -0.2) is 38.4 Å². The number of rotatable bonds is 8. The van der Waals surface area contributed by atoms with Crippen LogP contribution < -0.4 is 4.72 Å². The summed E-state index contributed by atoms with van der Waals surface area (Å²) in [4.78, 5) is 14.7. The van der Waals surface area contributed by atoms with E-state index in [-0.39, 0.29) is 10.8 Å². The van der Waals surface area contributed by atoms with Crippen LogP contribution >= 0.6 is 0 Å². The molecule has 0 aromatic heterocycles. The number of aryl methyl sites for hydroxylation is 1. The van der Waals surface area contributed by atoms with Crippen molar-refractivity contribution in [1.82, 2.24) is 9.62 Å². The number of carbonyl (C=O) groups excluding carboxylic acids is 1. The molecule has 1 aliphatic rings. The maximum atomic E-state index is 12.8. The van der Waals surface area contributed by atoms with E-state index >= 15 is 0 Å². The summed E-state index contributed by atoms with van der Waals surface area (Å²) in [7, 11) is -3.73. The molecule has 1 atom stereocenters. The molecule has 2 rings (SSSR count). The van der Waals surface area contributed by atoms with Crippen LogP contribution in [0.15, 0.2) is 41.8 Å². The quantitative estimate of drug-likeness (QED) is 0.706. The van der Waals surface area contributed by atoms with Gasteiger partial charge in [-0.1, -0.05) is 43.0 Å². The van der Waals surface area contributed by atoms with Gasteiger partial charge in [0.1, 0.15) is 0 Å². The average Bonchev–Trinajstić information content (AvgIpc) is 2.61. The van der Waals surface area contributed by atoms with Crippen molar-refractivity contribution in [3.63, 3.8) is 0 Å². The van der Waals surface area contributed by atoms with Crippen LogP contribution in [0, 0.1) is 12.8 Å². The fourth-order valence-electron chi connectivity index (χ4n) is 3.43. The number of amides is 1. The second-order valence-corrected chi connectivity index (χ2v) is 8.91. The third kappa shape index (κ3) is 5.68. The van der Waals surface area contributed by atoms with Gasteiger partial charge in [-0.05, 0) is 44.7 Å². The number of benzene rings is 1. The topological polar surface area (TPSA) is 66.5 Å². The largest absolute Gasteiger partial charge is 0.337 e. The summed E-state index contributed by atoms with van der Waals surface area (Å²) >= 11 is 0. The highest BCUT2D eigenvalue weighted by molar-refractivity contribution is 7.89. The van der Waals surface area contributed by atoms with Gasteiger partial charge < -0.3 is 4.90 Å². The van der Waals surface area contributed by atoms with Crippen LogP contribution in [0.2, 0.25) is 0 Å². The molecule has 0 spiro atoms. The van der Waals surface area contributed by atoms with Gasteiger partial charge in [0, 0.05) is 13.1 Å². The Bertz CT molecular complexity index is 707. The fourth-order valence-corrected chi connectivity index (χ4v) is 4.63. The number of nitrogens with one attached hydrogen (secondary N) is 1.